The van der Waals surface area contributed by atoms with E-state index in [2.05, 4.69) is 44.5 Å². The second kappa shape index (κ2) is 11.4. The van der Waals surface area contributed by atoms with E-state index < -0.39 is 0 Å². The molecule has 2 aliphatic rings. The summed E-state index contributed by atoms with van der Waals surface area (Å²) in [5.74, 6) is 3.47. The molecule has 0 spiro atoms. The van der Waals surface area contributed by atoms with Crippen LogP contribution in [0.2, 0.25) is 0 Å². The lowest BCUT2D eigenvalue weighted by atomic mass is 9.99. The molecule has 0 amide bonds. The van der Waals surface area contributed by atoms with Crippen molar-refractivity contribution < 1.29 is 9.47 Å². The zero-order valence-electron chi connectivity index (χ0n) is 19.1. The summed E-state index contributed by atoms with van der Waals surface area (Å²) in [6.07, 6.45) is 3.76. The van der Waals surface area contributed by atoms with Crippen molar-refractivity contribution >= 4 is 5.96 Å². The first-order valence-electron chi connectivity index (χ1n) is 11.2. The number of nitrogens with zero attached hydrogens (tertiary/aromatic N) is 3. The van der Waals surface area contributed by atoms with Crippen molar-refractivity contribution in [2.75, 3.05) is 60.5 Å². The van der Waals surface area contributed by atoms with Crippen LogP contribution in [0.15, 0.2) is 23.2 Å². The van der Waals surface area contributed by atoms with Crippen LogP contribution in [0, 0.1) is 5.92 Å². The Morgan fingerprint density at radius 1 is 1.03 bits per heavy atom. The van der Waals surface area contributed by atoms with Gasteiger partial charge in [0.15, 0.2) is 5.96 Å². The molecule has 3 rings (SSSR count). The third kappa shape index (κ3) is 6.77. The summed E-state index contributed by atoms with van der Waals surface area (Å²) < 4.78 is 10.8. The zero-order chi connectivity index (χ0) is 21.3. The lowest BCUT2D eigenvalue weighted by Gasteiger charge is -2.30. The van der Waals surface area contributed by atoms with Gasteiger partial charge in [-0.3, -0.25) is 9.89 Å². The van der Waals surface area contributed by atoms with Crippen molar-refractivity contribution in [3.8, 4) is 11.5 Å². The number of likely N-dealkylation sites (tertiary alicyclic amines) is 2. The summed E-state index contributed by atoms with van der Waals surface area (Å²) >= 11 is 0. The molecule has 0 bridgehead atoms. The van der Waals surface area contributed by atoms with Gasteiger partial charge in [-0.25, -0.2) is 0 Å². The van der Waals surface area contributed by atoms with E-state index in [9.17, 15) is 0 Å². The Labute approximate surface area is 181 Å². The average molecular weight is 418 g/mol. The molecule has 0 radical (unpaired) electrons. The molecule has 1 aromatic carbocycles. The van der Waals surface area contributed by atoms with E-state index in [1.54, 1.807) is 14.2 Å². The van der Waals surface area contributed by atoms with Gasteiger partial charge in [-0.05, 0) is 56.0 Å². The van der Waals surface area contributed by atoms with Crippen LogP contribution in [-0.2, 0) is 6.54 Å². The molecule has 1 unspecified atom stereocenters. The van der Waals surface area contributed by atoms with Gasteiger partial charge in [-0.2, -0.15) is 0 Å². The molecule has 0 aromatic heterocycles. The number of methoxy groups -OCH3 is 2. The van der Waals surface area contributed by atoms with Crippen LogP contribution in [0.3, 0.4) is 0 Å². The number of rotatable bonds is 8. The predicted molar refractivity (Wildman–Crippen MR) is 123 cm³/mol. The number of hydrogen-bond acceptors (Lipinski definition) is 5. The minimum atomic E-state index is 0.416. The number of benzene rings is 1. The Morgan fingerprint density at radius 3 is 2.33 bits per heavy atom. The Bertz CT molecular complexity index is 666. The molecular formula is C23H39N5O2. The van der Waals surface area contributed by atoms with Gasteiger partial charge in [0.05, 0.1) is 14.2 Å². The van der Waals surface area contributed by atoms with Crippen molar-refractivity contribution in [3.05, 3.63) is 23.8 Å². The standard InChI is InChI=1S/C23H39N5O2/c1-18-5-9-27(10-6-18)12-8-25-23(24-2)26-20-7-11-28(17-20)16-19-13-21(29-3)15-22(14-19)30-4/h13-15,18,20H,5-12,16-17H2,1-4H3,(H2,24,25,26). The molecule has 2 heterocycles. The van der Waals surface area contributed by atoms with Crippen molar-refractivity contribution in [2.45, 2.75) is 38.8 Å². The van der Waals surface area contributed by atoms with E-state index in [0.29, 0.717) is 6.04 Å². The van der Waals surface area contributed by atoms with Gasteiger partial charge in [0.1, 0.15) is 11.5 Å². The van der Waals surface area contributed by atoms with E-state index in [0.717, 1.165) is 62.5 Å². The van der Waals surface area contributed by atoms with Gasteiger partial charge in [-0.1, -0.05) is 6.92 Å². The first kappa shape index (κ1) is 22.7. The molecule has 2 N–H and O–H groups in total. The fraction of sp³-hybridized carbons (Fsp3) is 0.696. The molecule has 1 aromatic rings. The minimum Gasteiger partial charge on any atom is -0.497 e. The Hall–Kier alpha value is -1.99. The van der Waals surface area contributed by atoms with Gasteiger partial charge >= 0.3 is 0 Å². The number of piperidine rings is 1. The average Bonchev–Trinajstić information content (AvgIpc) is 3.20. The van der Waals surface area contributed by atoms with E-state index in [1.165, 1.54) is 31.5 Å². The molecule has 1 atom stereocenters. The van der Waals surface area contributed by atoms with Gasteiger partial charge in [0, 0.05) is 51.9 Å². The number of hydrogen-bond donors (Lipinski definition) is 2. The highest BCUT2D eigenvalue weighted by atomic mass is 16.5. The molecule has 7 nitrogen and oxygen atoms in total. The summed E-state index contributed by atoms with van der Waals surface area (Å²) in [7, 11) is 5.24. The smallest absolute Gasteiger partial charge is 0.191 e. The van der Waals surface area contributed by atoms with E-state index in [-0.39, 0.29) is 0 Å². The highest BCUT2D eigenvalue weighted by Gasteiger charge is 2.23. The summed E-state index contributed by atoms with van der Waals surface area (Å²) in [6.45, 7) is 9.80. The molecular weight excluding hydrogens is 378 g/mol. The van der Waals surface area contributed by atoms with Crippen molar-refractivity contribution in [3.63, 3.8) is 0 Å². The third-order valence-corrected chi connectivity index (χ3v) is 6.25. The quantitative estimate of drug-likeness (QED) is 0.499. The molecule has 2 saturated heterocycles. The predicted octanol–water partition coefficient (Wildman–Crippen LogP) is 2.18. The maximum absolute atomic E-state index is 5.40. The van der Waals surface area contributed by atoms with Gasteiger partial charge in [-0.15, -0.1) is 0 Å². The van der Waals surface area contributed by atoms with Crippen LogP contribution in [0.25, 0.3) is 0 Å². The van der Waals surface area contributed by atoms with Gasteiger partial charge in [0.2, 0.25) is 0 Å². The second-order valence-corrected chi connectivity index (χ2v) is 8.61. The molecule has 30 heavy (non-hydrogen) atoms. The first-order chi connectivity index (χ1) is 14.6. The fourth-order valence-electron chi connectivity index (χ4n) is 4.32. The highest BCUT2D eigenvalue weighted by molar-refractivity contribution is 5.80. The zero-order valence-corrected chi connectivity index (χ0v) is 19.1. The summed E-state index contributed by atoms with van der Waals surface area (Å²) in [4.78, 5) is 9.45. The number of guanidine groups is 1. The van der Waals surface area contributed by atoms with E-state index in [4.69, 9.17) is 9.47 Å². The van der Waals surface area contributed by atoms with Crippen molar-refractivity contribution in [2.24, 2.45) is 10.9 Å². The normalized spacial score (nSPS) is 21.6. The minimum absolute atomic E-state index is 0.416. The van der Waals surface area contributed by atoms with E-state index >= 15 is 0 Å². The maximum atomic E-state index is 5.40. The molecule has 7 heteroatoms. The van der Waals surface area contributed by atoms with Crippen LogP contribution in [0.4, 0.5) is 0 Å². The molecule has 2 aliphatic heterocycles. The van der Waals surface area contributed by atoms with Crippen LogP contribution in [0.5, 0.6) is 11.5 Å². The number of ether oxygens (including phenoxy) is 2. The molecule has 168 valence electrons. The summed E-state index contributed by atoms with van der Waals surface area (Å²) in [5, 5.41) is 7.10. The topological polar surface area (TPSA) is 61.4 Å². The lowest BCUT2D eigenvalue weighted by Crippen LogP contribution is -2.47. The van der Waals surface area contributed by atoms with Gasteiger partial charge in [0.25, 0.3) is 0 Å². The largest absolute Gasteiger partial charge is 0.497 e. The third-order valence-electron chi connectivity index (χ3n) is 6.25. The molecule has 0 saturated carbocycles. The Kier molecular flexibility index (Phi) is 8.63. The lowest BCUT2D eigenvalue weighted by molar-refractivity contribution is 0.195. The number of aliphatic imine (C=N–C) groups is 1. The second-order valence-electron chi connectivity index (χ2n) is 8.61. The van der Waals surface area contributed by atoms with Crippen LogP contribution in [-0.4, -0.2) is 82.3 Å². The van der Waals surface area contributed by atoms with E-state index in [1.807, 2.05) is 13.1 Å². The van der Waals surface area contributed by atoms with Crippen molar-refractivity contribution in [1.29, 1.82) is 0 Å². The Balaban J connectivity index is 1.41. The fourth-order valence-corrected chi connectivity index (χ4v) is 4.32. The summed E-state index contributed by atoms with van der Waals surface area (Å²) in [6, 6.07) is 6.51. The van der Waals surface area contributed by atoms with Crippen LogP contribution < -0.4 is 20.1 Å². The Morgan fingerprint density at radius 2 is 1.70 bits per heavy atom. The highest BCUT2D eigenvalue weighted by Crippen LogP contribution is 2.24. The van der Waals surface area contributed by atoms with Crippen LogP contribution in [0.1, 0.15) is 31.7 Å². The molecule has 0 aliphatic carbocycles. The van der Waals surface area contributed by atoms with Crippen molar-refractivity contribution in [1.82, 2.24) is 20.4 Å². The first-order valence-corrected chi connectivity index (χ1v) is 11.2. The monoisotopic (exact) mass is 417 g/mol. The SMILES string of the molecule is CN=C(NCCN1CCC(C)CC1)NC1CCN(Cc2cc(OC)cc(OC)c2)C1. The number of nitrogens with one attached hydrogen (secondary N) is 2. The molecule has 2 fully saturated rings. The maximum Gasteiger partial charge on any atom is 0.191 e. The summed E-state index contributed by atoms with van der Waals surface area (Å²) in [5.41, 5.74) is 1.21. The van der Waals surface area contributed by atoms with Gasteiger partial charge < -0.3 is 25.0 Å². The van der Waals surface area contributed by atoms with Crippen LogP contribution >= 0.6 is 0 Å².